The van der Waals surface area contributed by atoms with E-state index in [-0.39, 0.29) is 6.10 Å². The predicted molar refractivity (Wildman–Crippen MR) is 121 cm³/mol. The van der Waals surface area contributed by atoms with Crippen LogP contribution in [0.25, 0.3) is 0 Å². The summed E-state index contributed by atoms with van der Waals surface area (Å²) in [5.41, 5.74) is 5.57. The zero-order chi connectivity index (χ0) is 20.2. The van der Waals surface area contributed by atoms with Crippen LogP contribution in [0.4, 0.5) is 0 Å². The van der Waals surface area contributed by atoms with Gasteiger partial charge in [-0.15, -0.1) is 0 Å². The van der Waals surface area contributed by atoms with Crippen LogP contribution in [0, 0.1) is 41.4 Å². The number of aryl methyl sites for hydroxylation is 2. The molecule has 0 saturated heterocycles. The Balaban J connectivity index is 1.34. The Morgan fingerprint density at radius 2 is 1.83 bits per heavy atom. The van der Waals surface area contributed by atoms with E-state index < -0.39 is 0 Å². The average molecular weight is 393 g/mol. The van der Waals surface area contributed by atoms with E-state index in [2.05, 4.69) is 51.1 Å². The molecule has 0 radical (unpaired) electrons. The van der Waals surface area contributed by atoms with Gasteiger partial charge in [-0.25, -0.2) is 0 Å². The largest absolute Gasteiger partial charge is 0.393 e. The summed E-state index contributed by atoms with van der Waals surface area (Å²) in [6.45, 7) is 7.48. The summed E-state index contributed by atoms with van der Waals surface area (Å²) >= 11 is 0. The molecule has 3 fully saturated rings. The van der Waals surface area contributed by atoms with Crippen molar-refractivity contribution in [3.8, 4) is 0 Å². The van der Waals surface area contributed by atoms with Crippen molar-refractivity contribution in [3.63, 3.8) is 0 Å². The van der Waals surface area contributed by atoms with Gasteiger partial charge in [-0.2, -0.15) is 0 Å². The van der Waals surface area contributed by atoms with Crippen LogP contribution in [-0.2, 0) is 6.42 Å². The molecule has 1 heteroatoms. The second kappa shape index (κ2) is 7.26. The molecule has 0 aliphatic heterocycles. The Hall–Kier alpha value is -1.08. The fourth-order valence-corrected chi connectivity index (χ4v) is 8.45. The molecule has 5 rings (SSSR count). The lowest BCUT2D eigenvalue weighted by molar-refractivity contribution is -0.0505. The molecule has 4 aliphatic carbocycles. The monoisotopic (exact) mass is 392 g/mol. The highest BCUT2D eigenvalue weighted by atomic mass is 16.3. The van der Waals surface area contributed by atoms with Gasteiger partial charge in [0.2, 0.25) is 0 Å². The first-order valence-corrected chi connectivity index (χ1v) is 12.3. The van der Waals surface area contributed by atoms with Crippen molar-refractivity contribution in [2.45, 2.75) is 91.1 Å². The van der Waals surface area contributed by atoms with E-state index in [1.54, 1.807) is 11.1 Å². The molecule has 7 atom stereocenters. The lowest BCUT2D eigenvalue weighted by Gasteiger charge is -2.58. The predicted octanol–water partition coefficient (Wildman–Crippen LogP) is 6.87. The van der Waals surface area contributed by atoms with E-state index in [1.807, 2.05) is 0 Å². The summed E-state index contributed by atoms with van der Waals surface area (Å²) in [5.74, 6) is 3.58. The lowest BCUT2D eigenvalue weighted by atomic mass is 9.47. The molecule has 0 aromatic heterocycles. The molecule has 3 saturated carbocycles. The number of hydrogen-bond donors (Lipinski definition) is 1. The molecular formula is C28H40O. The molecule has 0 bridgehead atoms. The highest BCUT2D eigenvalue weighted by Gasteiger charge is 2.58. The second-order valence-electron chi connectivity index (χ2n) is 11.4. The maximum Gasteiger partial charge on any atom is 0.0577 e. The maximum atomic E-state index is 10.2. The summed E-state index contributed by atoms with van der Waals surface area (Å²) in [6.07, 6.45) is 15.3. The Kier molecular flexibility index (Phi) is 4.97. The number of fused-ring (bicyclic) bond motifs is 5. The van der Waals surface area contributed by atoms with Crippen molar-refractivity contribution < 1.29 is 5.11 Å². The van der Waals surface area contributed by atoms with E-state index >= 15 is 0 Å². The van der Waals surface area contributed by atoms with Crippen LogP contribution < -0.4 is 0 Å². The highest BCUT2D eigenvalue weighted by Crippen LogP contribution is 2.66. The third-order valence-electron chi connectivity index (χ3n) is 10.3. The van der Waals surface area contributed by atoms with E-state index in [1.165, 1.54) is 56.9 Å². The molecule has 0 unspecified atom stereocenters. The molecule has 1 nitrogen and oxygen atoms in total. The number of allylic oxidation sites excluding steroid dienone is 1. The van der Waals surface area contributed by atoms with Gasteiger partial charge in [0.25, 0.3) is 0 Å². The van der Waals surface area contributed by atoms with Gasteiger partial charge in [0.05, 0.1) is 6.10 Å². The van der Waals surface area contributed by atoms with Gasteiger partial charge in [-0.3, -0.25) is 0 Å². The van der Waals surface area contributed by atoms with Gasteiger partial charge in [0.15, 0.2) is 0 Å². The fraction of sp³-hybridized carbons (Fsp3) is 0.714. The minimum Gasteiger partial charge on any atom is -0.393 e. The topological polar surface area (TPSA) is 20.2 Å². The summed E-state index contributed by atoms with van der Waals surface area (Å²) < 4.78 is 0. The van der Waals surface area contributed by atoms with Gasteiger partial charge >= 0.3 is 0 Å². The summed E-state index contributed by atoms with van der Waals surface area (Å²) in [7, 11) is 0. The van der Waals surface area contributed by atoms with E-state index in [0.29, 0.717) is 10.8 Å². The molecule has 0 spiro atoms. The van der Waals surface area contributed by atoms with Crippen LogP contribution in [-0.4, -0.2) is 11.2 Å². The van der Waals surface area contributed by atoms with Crippen molar-refractivity contribution >= 4 is 0 Å². The van der Waals surface area contributed by atoms with Gasteiger partial charge in [0.1, 0.15) is 0 Å². The van der Waals surface area contributed by atoms with Gasteiger partial charge in [0, 0.05) is 0 Å². The molecule has 29 heavy (non-hydrogen) atoms. The quantitative estimate of drug-likeness (QED) is 0.557. The van der Waals surface area contributed by atoms with Gasteiger partial charge in [-0.05, 0) is 117 Å². The number of benzene rings is 1. The smallest absolute Gasteiger partial charge is 0.0577 e. The van der Waals surface area contributed by atoms with Crippen molar-refractivity contribution in [2.24, 2.45) is 34.5 Å². The van der Waals surface area contributed by atoms with E-state index in [4.69, 9.17) is 0 Å². The van der Waals surface area contributed by atoms with Crippen LogP contribution >= 0.6 is 0 Å². The van der Waals surface area contributed by atoms with Crippen molar-refractivity contribution in [3.05, 3.63) is 47.0 Å². The summed E-state index contributed by atoms with van der Waals surface area (Å²) in [4.78, 5) is 0. The zero-order valence-corrected chi connectivity index (χ0v) is 18.8. The Morgan fingerprint density at radius 1 is 1.00 bits per heavy atom. The van der Waals surface area contributed by atoms with Crippen LogP contribution in [0.3, 0.4) is 0 Å². The molecule has 158 valence electrons. The molecule has 1 aromatic carbocycles. The second-order valence-corrected chi connectivity index (χ2v) is 11.4. The zero-order valence-electron chi connectivity index (χ0n) is 18.8. The third kappa shape index (κ3) is 3.14. The Labute approximate surface area is 178 Å². The number of aliphatic hydroxyl groups is 1. The SMILES string of the molecule is Cc1ccccc1CC[C@H]1CC[C@H]2[C@@H]3CC=C4C[C@@H](O)CC[C@]4(C)[C@H]3CC[C@]12C. The fourth-order valence-electron chi connectivity index (χ4n) is 8.45. The molecular weight excluding hydrogens is 352 g/mol. The summed E-state index contributed by atoms with van der Waals surface area (Å²) in [5, 5.41) is 10.2. The first-order valence-electron chi connectivity index (χ1n) is 12.3. The summed E-state index contributed by atoms with van der Waals surface area (Å²) in [6, 6.07) is 8.99. The Bertz CT molecular complexity index is 793. The van der Waals surface area contributed by atoms with Crippen molar-refractivity contribution in [1.82, 2.24) is 0 Å². The highest BCUT2D eigenvalue weighted by molar-refractivity contribution is 5.27. The first kappa shape index (κ1) is 19.9. The van der Waals surface area contributed by atoms with Crippen molar-refractivity contribution in [1.29, 1.82) is 0 Å². The minimum absolute atomic E-state index is 0.0861. The van der Waals surface area contributed by atoms with Crippen molar-refractivity contribution in [2.75, 3.05) is 0 Å². The van der Waals surface area contributed by atoms with Gasteiger partial charge in [-0.1, -0.05) is 49.8 Å². The first-order chi connectivity index (χ1) is 13.9. The van der Waals surface area contributed by atoms with Crippen LogP contribution in [0.5, 0.6) is 0 Å². The minimum atomic E-state index is -0.0861. The standard InChI is InChI=1S/C28H40O/c1-19-6-4-5-7-20(19)8-9-21-11-13-25-24-12-10-22-18-23(29)14-16-28(22,3)26(24)15-17-27(21,25)2/h4-7,10,21,23-26,29H,8-9,11-18H2,1-3H3/t21-,23-,24-,25-,26-,27+,28-/m0/s1. The lowest BCUT2D eigenvalue weighted by Crippen LogP contribution is -2.50. The molecule has 1 N–H and O–H groups in total. The van der Waals surface area contributed by atoms with E-state index in [0.717, 1.165) is 36.5 Å². The molecule has 0 heterocycles. The molecule has 0 amide bonds. The van der Waals surface area contributed by atoms with Crippen LogP contribution in [0.2, 0.25) is 0 Å². The normalized spacial score (nSPS) is 43.9. The van der Waals surface area contributed by atoms with Crippen LogP contribution in [0.1, 0.15) is 82.8 Å². The van der Waals surface area contributed by atoms with E-state index in [9.17, 15) is 5.11 Å². The van der Waals surface area contributed by atoms with Gasteiger partial charge < -0.3 is 5.11 Å². The maximum absolute atomic E-state index is 10.2. The number of hydrogen-bond acceptors (Lipinski definition) is 1. The Morgan fingerprint density at radius 3 is 2.66 bits per heavy atom. The van der Waals surface area contributed by atoms with Crippen LogP contribution in [0.15, 0.2) is 35.9 Å². The number of rotatable bonds is 3. The third-order valence-corrected chi connectivity index (χ3v) is 10.3. The molecule has 1 aromatic rings. The number of aliphatic hydroxyl groups excluding tert-OH is 1. The molecule has 4 aliphatic rings. The average Bonchev–Trinajstić information content (AvgIpc) is 3.04.